The van der Waals surface area contributed by atoms with Gasteiger partial charge < -0.3 is 10.2 Å². The molecule has 3 rings (SSSR count). The van der Waals surface area contributed by atoms with Gasteiger partial charge in [0.25, 0.3) is 5.95 Å². The van der Waals surface area contributed by atoms with Crippen molar-refractivity contribution in [3.8, 4) is 5.95 Å². The summed E-state index contributed by atoms with van der Waals surface area (Å²) in [6.45, 7) is 10.6. The number of hydrogen-bond acceptors (Lipinski definition) is 5. The molecule has 2 aromatic heterocycles. The van der Waals surface area contributed by atoms with Crippen LogP contribution >= 0.6 is 0 Å². The summed E-state index contributed by atoms with van der Waals surface area (Å²) in [7, 11) is 0. The zero-order valence-corrected chi connectivity index (χ0v) is 16.5. The Morgan fingerprint density at radius 1 is 1.22 bits per heavy atom. The highest BCUT2D eigenvalue weighted by atomic mass is 16.2. The third kappa shape index (κ3) is 3.70. The van der Waals surface area contributed by atoms with Gasteiger partial charge in [0, 0.05) is 35.7 Å². The standard InChI is InChI=1S/C19H26N6O2/c1-6-16-18(27)20-7-8-24(16)17(26)10-15-13(4)23-25(14(15)5)19-21-11(2)9-12(3)22-19/h9,16H,6-8,10H2,1-5H3,(H,20,27). The first kappa shape index (κ1) is 19.0. The van der Waals surface area contributed by atoms with Crippen molar-refractivity contribution in [3.05, 3.63) is 34.4 Å². The SMILES string of the molecule is CCC1C(=O)NCCN1C(=O)Cc1c(C)nn(-c2nc(C)cc(C)n2)c1C. The van der Waals surface area contributed by atoms with Gasteiger partial charge in [-0.25, -0.2) is 14.6 Å². The van der Waals surface area contributed by atoms with Gasteiger partial charge in [-0.1, -0.05) is 6.92 Å². The number of piperazine rings is 1. The predicted octanol–water partition coefficient (Wildman–Crippen LogP) is 1.18. The minimum absolute atomic E-state index is 0.0520. The van der Waals surface area contributed by atoms with Crippen LogP contribution in [0.25, 0.3) is 5.95 Å². The Morgan fingerprint density at radius 2 is 1.89 bits per heavy atom. The minimum atomic E-state index is -0.398. The van der Waals surface area contributed by atoms with Gasteiger partial charge in [0.05, 0.1) is 12.1 Å². The third-order valence-electron chi connectivity index (χ3n) is 4.97. The van der Waals surface area contributed by atoms with Crippen LogP contribution in [0.4, 0.5) is 0 Å². The molecule has 1 fully saturated rings. The average Bonchev–Trinajstić information content (AvgIpc) is 2.88. The highest BCUT2D eigenvalue weighted by Gasteiger charge is 2.32. The van der Waals surface area contributed by atoms with Crippen LogP contribution in [-0.2, 0) is 16.0 Å². The molecule has 0 radical (unpaired) electrons. The molecule has 0 bridgehead atoms. The highest BCUT2D eigenvalue weighted by Crippen LogP contribution is 2.19. The van der Waals surface area contributed by atoms with Crippen LogP contribution in [0, 0.1) is 27.7 Å². The normalized spacial score (nSPS) is 17.1. The fourth-order valence-electron chi connectivity index (χ4n) is 3.60. The van der Waals surface area contributed by atoms with Crippen molar-refractivity contribution in [3.63, 3.8) is 0 Å². The van der Waals surface area contributed by atoms with Crippen molar-refractivity contribution >= 4 is 11.8 Å². The lowest BCUT2D eigenvalue weighted by atomic mass is 10.1. The van der Waals surface area contributed by atoms with E-state index in [0.717, 1.165) is 28.3 Å². The van der Waals surface area contributed by atoms with E-state index >= 15 is 0 Å². The fourth-order valence-corrected chi connectivity index (χ4v) is 3.60. The highest BCUT2D eigenvalue weighted by molar-refractivity contribution is 5.89. The Hall–Kier alpha value is -2.77. The Morgan fingerprint density at radius 3 is 2.52 bits per heavy atom. The summed E-state index contributed by atoms with van der Waals surface area (Å²) in [5.74, 6) is 0.379. The van der Waals surface area contributed by atoms with Gasteiger partial charge in [0.2, 0.25) is 11.8 Å². The van der Waals surface area contributed by atoms with Crippen molar-refractivity contribution in [2.75, 3.05) is 13.1 Å². The zero-order valence-electron chi connectivity index (χ0n) is 16.5. The van der Waals surface area contributed by atoms with E-state index in [1.54, 1.807) is 9.58 Å². The Kier molecular flexibility index (Phi) is 5.25. The largest absolute Gasteiger partial charge is 0.353 e. The molecule has 27 heavy (non-hydrogen) atoms. The lowest BCUT2D eigenvalue weighted by Gasteiger charge is -2.34. The van der Waals surface area contributed by atoms with Gasteiger partial charge in [0.15, 0.2) is 0 Å². The van der Waals surface area contributed by atoms with E-state index in [0.29, 0.717) is 25.5 Å². The second kappa shape index (κ2) is 7.46. The Bertz CT molecular complexity index is 868. The number of carbonyl (C=O) groups excluding carboxylic acids is 2. The fraction of sp³-hybridized carbons (Fsp3) is 0.526. The number of nitrogens with zero attached hydrogens (tertiary/aromatic N) is 5. The maximum absolute atomic E-state index is 12.9. The molecule has 8 heteroatoms. The maximum Gasteiger partial charge on any atom is 0.251 e. The van der Waals surface area contributed by atoms with Crippen LogP contribution in [0.15, 0.2) is 6.07 Å². The molecule has 1 N–H and O–H groups in total. The predicted molar refractivity (Wildman–Crippen MR) is 101 cm³/mol. The van der Waals surface area contributed by atoms with Crippen LogP contribution in [0.3, 0.4) is 0 Å². The van der Waals surface area contributed by atoms with Crippen molar-refractivity contribution in [2.45, 2.75) is 53.5 Å². The molecule has 8 nitrogen and oxygen atoms in total. The lowest BCUT2D eigenvalue weighted by Crippen LogP contribution is -2.57. The van der Waals surface area contributed by atoms with Crippen molar-refractivity contribution in [2.24, 2.45) is 0 Å². The first-order valence-electron chi connectivity index (χ1n) is 9.26. The summed E-state index contributed by atoms with van der Waals surface area (Å²) in [5.41, 5.74) is 4.22. The van der Waals surface area contributed by atoms with Gasteiger partial charge in [-0.3, -0.25) is 9.59 Å². The Balaban J connectivity index is 1.88. The summed E-state index contributed by atoms with van der Waals surface area (Å²) in [6.07, 6.45) is 0.817. The molecule has 1 atom stereocenters. The monoisotopic (exact) mass is 370 g/mol. The van der Waals surface area contributed by atoms with Gasteiger partial charge >= 0.3 is 0 Å². The number of aromatic nitrogens is 4. The smallest absolute Gasteiger partial charge is 0.251 e. The molecule has 1 aliphatic heterocycles. The molecule has 0 spiro atoms. The third-order valence-corrected chi connectivity index (χ3v) is 4.97. The quantitative estimate of drug-likeness (QED) is 0.872. The lowest BCUT2D eigenvalue weighted by molar-refractivity contribution is -0.142. The molecule has 1 unspecified atom stereocenters. The van der Waals surface area contributed by atoms with E-state index in [1.807, 2.05) is 40.7 Å². The molecule has 2 amide bonds. The summed E-state index contributed by atoms with van der Waals surface area (Å²) < 4.78 is 1.69. The summed E-state index contributed by atoms with van der Waals surface area (Å²) in [6, 6.07) is 1.51. The van der Waals surface area contributed by atoms with Gasteiger partial charge in [-0.2, -0.15) is 5.10 Å². The molecular weight excluding hydrogens is 344 g/mol. The van der Waals surface area contributed by atoms with Crippen molar-refractivity contribution < 1.29 is 9.59 Å². The molecule has 0 aliphatic carbocycles. The van der Waals surface area contributed by atoms with E-state index in [1.165, 1.54) is 0 Å². The zero-order chi connectivity index (χ0) is 19.7. The van der Waals surface area contributed by atoms with E-state index in [4.69, 9.17) is 0 Å². The Labute approximate surface area is 159 Å². The van der Waals surface area contributed by atoms with Gasteiger partial charge in [0.1, 0.15) is 6.04 Å². The van der Waals surface area contributed by atoms with Crippen LogP contribution in [0.5, 0.6) is 0 Å². The number of aryl methyl sites for hydroxylation is 3. The molecule has 144 valence electrons. The van der Waals surface area contributed by atoms with Gasteiger partial charge in [-0.05, 0) is 40.2 Å². The average molecular weight is 370 g/mol. The summed E-state index contributed by atoms with van der Waals surface area (Å²) >= 11 is 0. The first-order chi connectivity index (χ1) is 12.8. The molecule has 3 heterocycles. The van der Waals surface area contributed by atoms with E-state index < -0.39 is 6.04 Å². The number of hydrogen-bond donors (Lipinski definition) is 1. The minimum Gasteiger partial charge on any atom is -0.353 e. The summed E-state index contributed by atoms with van der Waals surface area (Å²) in [4.78, 5) is 35.6. The van der Waals surface area contributed by atoms with E-state index in [2.05, 4.69) is 20.4 Å². The molecular formula is C19H26N6O2. The molecule has 1 aliphatic rings. The summed E-state index contributed by atoms with van der Waals surface area (Å²) in [5, 5.41) is 7.38. The number of amides is 2. The molecule has 0 aromatic carbocycles. The van der Waals surface area contributed by atoms with Crippen molar-refractivity contribution in [1.29, 1.82) is 0 Å². The van der Waals surface area contributed by atoms with E-state index in [-0.39, 0.29) is 18.2 Å². The van der Waals surface area contributed by atoms with Crippen LogP contribution in [0.1, 0.15) is 41.7 Å². The van der Waals surface area contributed by atoms with Crippen LogP contribution < -0.4 is 5.32 Å². The maximum atomic E-state index is 12.9. The van der Waals surface area contributed by atoms with Crippen LogP contribution in [0.2, 0.25) is 0 Å². The molecule has 2 aromatic rings. The van der Waals surface area contributed by atoms with Crippen LogP contribution in [-0.4, -0.2) is 55.6 Å². The topological polar surface area (TPSA) is 93.0 Å². The second-order valence-corrected chi connectivity index (χ2v) is 6.99. The number of nitrogens with one attached hydrogen (secondary N) is 1. The second-order valence-electron chi connectivity index (χ2n) is 6.99. The van der Waals surface area contributed by atoms with Gasteiger partial charge in [-0.15, -0.1) is 0 Å². The molecule has 1 saturated heterocycles. The van der Waals surface area contributed by atoms with Crippen molar-refractivity contribution in [1.82, 2.24) is 30.0 Å². The number of carbonyl (C=O) groups is 2. The number of rotatable bonds is 4. The van der Waals surface area contributed by atoms with E-state index in [9.17, 15) is 9.59 Å². The molecule has 0 saturated carbocycles. The first-order valence-corrected chi connectivity index (χ1v) is 9.26.